The minimum Gasteiger partial charge on any atom is -0.432 e. The molecule has 0 aromatic heterocycles. The van der Waals surface area contributed by atoms with Crippen molar-refractivity contribution in [3.63, 3.8) is 0 Å². The van der Waals surface area contributed by atoms with Gasteiger partial charge < -0.3 is 9.64 Å². The van der Waals surface area contributed by atoms with E-state index in [2.05, 4.69) is 6.92 Å². The van der Waals surface area contributed by atoms with Gasteiger partial charge in [-0.2, -0.15) is 26.3 Å². The molecule has 0 N–H and O–H groups in total. The van der Waals surface area contributed by atoms with Crippen molar-refractivity contribution in [2.75, 3.05) is 18.0 Å². The summed E-state index contributed by atoms with van der Waals surface area (Å²) in [5.74, 6) is -7.20. The van der Waals surface area contributed by atoms with Crippen LogP contribution >= 0.6 is 0 Å². The van der Waals surface area contributed by atoms with Crippen molar-refractivity contribution in [3.05, 3.63) is 24.3 Å². The van der Waals surface area contributed by atoms with Gasteiger partial charge in [0, 0.05) is 5.69 Å². The first-order chi connectivity index (χ1) is 16.0. The number of halogens is 6. The summed E-state index contributed by atoms with van der Waals surface area (Å²) in [4.78, 5) is 0.860. The molecule has 192 valence electrons. The molecule has 34 heavy (non-hydrogen) atoms. The van der Waals surface area contributed by atoms with Gasteiger partial charge in [-0.15, -0.1) is 0 Å². The van der Waals surface area contributed by atoms with Crippen LogP contribution in [0.5, 0.6) is 5.75 Å². The maximum absolute atomic E-state index is 14.9. The van der Waals surface area contributed by atoms with Gasteiger partial charge in [0.25, 0.3) is 0 Å². The van der Waals surface area contributed by atoms with Gasteiger partial charge in [0.1, 0.15) is 5.75 Å². The van der Waals surface area contributed by atoms with E-state index in [9.17, 15) is 26.3 Å². The zero-order valence-electron chi connectivity index (χ0n) is 19.7. The lowest BCUT2D eigenvalue weighted by Crippen LogP contribution is -2.38. The minimum atomic E-state index is -4.12. The van der Waals surface area contributed by atoms with Crippen LogP contribution in [0, 0.1) is 23.7 Å². The Labute approximate surface area is 198 Å². The highest BCUT2D eigenvalue weighted by Crippen LogP contribution is 2.46. The SMILES string of the molecule is CCCC1CCC(C2CCC(C(F)(F)Oc3ccc(N4CC(F)(F)C(F)(F)C4)cc3)CC2)CC1. The number of hydrogen-bond donors (Lipinski definition) is 0. The molecule has 2 saturated carbocycles. The third kappa shape index (κ3) is 5.46. The maximum Gasteiger partial charge on any atom is 0.400 e. The first kappa shape index (κ1) is 25.5. The highest BCUT2D eigenvalue weighted by atomic mass is 19.3. The van der Waals surface area contributed by atoms with Gasteiger partial charge in [0.05, 0.1) is 19.0 Å². The molecule has 0 radical (unpaired) electrons. The summed E-state index contributed by atoms with van der Waals surface area (Å²) in [6.07, 6.45) is 6.57. The second-order valence-electron chi connectivity index (χ2n) is 10.6. The number of benzene rings is 1. The van der Waals surface area contributed by atoms with Crippen molar-refractivity contribution in [1.29, 1.82) is 0 Å². The number of nitrogens with zero attached hydrogens (tertiary/aromatic N) is 1. The van der Waals surface area contributed by atoms with E-state index in [-0.39, 0.29) is 11.4 Å². The van der Waals surface area contributed by atoms with Crippen molar-refractivity contribution >= 4 is 5.69 Å². The van der Waals surface area contributed by atoms with Gasteiger partial charge in [-0.25, -0.2) is 0 Å². The topological polar surface area (TPSA) is 12.5 Å². The highest BCUT2D eigenvalue weighted by Gasteiger charge is 2.63. The van der Waals surface area contributed by atoms with Gasteiger partial charge in [0.2, 0.25) is 0 Å². The Morgan fingerprint density at radius 1 is 0.824 bits per heavy atom. The third-order valence-electron chi connectivity index (χ3n) is 8.27. The summed E-state index contributed by atoms with van der Waals surface area (Å²) in [7, 11) is 0. The zero-order valence-corrected chi connectivity index (χ0v) is 19.7. The average Bonchev–Trinajstić information content (AvgIpc) is 3.02. The Kier molecular flexibility index (Phi) is 7.35. The second-order valence-corrected chi connectivity index (χ2v) is 10.6. The molecule has 0 spiro atoms. The molecular weight excluding hydrogens is 456 g/mol. The van der Waals surface area contributed by atoms with Crippen LogP contribution in [0.25, 0.3) is 0 Å². The van der Waals surface area contributed by atoms with Crippen molar-refractivity contribution in [2.45, 2.75) is 89.1 Å². The molecule has 1 aliphatic heterocycles. The predicted molar refractivity (Wildman–Crippen MR) is 120 cm³/mol. The van der Waals surface area contributed by atoms with Crippen LogP contribution in [0.15, 0.2) is 24.3 Å². The maximum atomic E-state index is 14.9. The van der Waals surface area contributed by atoms with E-state index < -0.39 is 37.0 Å². The number of hydrogen-bond acceptors (Lipinski definition) is 2. The number of alkyl halides is 6. The van der Waals surface area contributed by atoms with Crippen molar-refractivity contribution < 1.29 is 31.1 Å². The molecule has 1 aromatic rings. The fraction of sp³-hybridized carbons (Fsp3) is 0.769. The van der Waals surface area contributed by atoms with Crippen molar-refractivity contribution in [2.24, 2.45) is 23.7 Å². The molecule has 0 unspecified atom stereocenters. The standard InChI is InChI=1S/C26H35F6NO/c1-2-3-18-4-6-19(7-5-18)20-8-10-21(11-9-20)26(31,32)34-23-14-12-22(13-15-23)33-16-24(27,28)25(29,30)17-33/h12-15,18-21H,2-11,16-17H2,1H3. The highest BCUT2D eigenvalue weighted by molar-refractivity contribution is 5.51. The monoisotopic (exact) mass is 491 g/mol. The van der Waals surface area contributed by atoms with Crippen molar-refractivity contribution in [3.8, 4) is 5.75 Å². The van der Waals surface area contributed by atoms with E-state index in [0.717, 1.165) is 23.7 Å². The normalized spacial score (nSPS) is 31.4. The van der Waals surface area contributed by atoms with Gasteiger partial charge in [0.15, 0.2) is 0 Å². The van der Waals surface area contributed by atoms with E-state index in [1.165, 1.54) is 62.8 Å². The molecule has 3 fully saturated rings. The molecule has 1 aromatic carbocycles. The van der Waals surface area contributed by atoms with E-state index in [4.69, 9.17) is 4.74 Å². The van der Waals surface area contributed by atoms with Crippen LogP contribution in [0.1, 0.15) is 71.1 Å². The predicted octanol–water partition coefficient (Wildman–Crippen LogP) is 8.16. The first-order valence-corrected chi connectivity index (χ1v) is 12.7. The van der Waals surface area contributed by atoms with E-state index >= 15 is 0 Å². The molecule has 1 heterocycles. The van der Waals surface area contributed by atoms with E-state index in [0.29, 0.717) is 24.7 Å². The van der Waals surface area contributed by atoms with Crippen LogP contribution in [-0.2, 0) is 0 Å². The smallest absolute Gasteiger partial charge is 0.400 e. The fourth-order valence-electron chi connectivity index (χ4n) is 6.20. The molecule has 3 aliphatic rings. The third-order valence-corrected chi connectivity index (χ3v) is 8.27. The number of anilines is 1. The Hall–Kier alpha value is -1.60. The minimum absolute atomic E-state index is 0.0946. The summed E-state index contributed by atoms with van der Waals surface area (Å²) in [5.41, 5.74) is 0.127. The van der Waals surface area contributed by atoms with E-state index in [1.54, 1.807) is 0 Å². The first-order valence-electron chi connectivity index (χ1n) is 12.7. The summed E-state index contributed by atoms with van der Waals surface area (Å²) < 4.78 is 88.5. The van der Waals surface area contributed by atoms with Crippen LogP contribution in [0.4, 0.5) is 32.0 Å². The zero-order chi connectivity index (χ0) is 24.6. The number of ether oxygens (including phenoxy) is 1. The van der Waals surface area contributed by atoms with Crippen molar-refractivity contribution in [1.82, 2.24) is 0 Å². The lowest BCUT2D eigenvalue weighted by molar-refractivity contribution is -0.224. The molecule has 4 rings (SSSR count). The van der Waals surface area contributed by atoms with Crippen LogP contribution < -0.4 is 9.64 Å². The molecule has 1 saturated heterocycles. The van der Waals surface area contributed by atoms with Gasteiger partial charge >= 0.3 is 18.0 Å². The summed E-state index contributed by atoms with van der Waals surface area (Å²) in [5, 5.41) is 0. The molecular formula is C26H35F6NO. The lowest BCUT2D eigenvalue weighted by atomic mass is 9.68. The summed E-state index contributed by atoms with van der Waals surface area (Å²) in [6, 6.07) is 5.01. The largest absolute Gasteiger partial charge is 0.432 e. The van der Waals surface area contributed by atoms with Crippen LogP contribution in [0.3, 0.4) is 0 Å². The Balaban J connectivity index is 1.28. The van der Waals surface area contributed by atoms with E-state index in [1.807, 2.05) is 0 Å². The summed E-state index contributed by atoms with van der Waals surface area (Å²) >= 11 is 0. The summed E-state index contributed by atoms with van der Waals surface area (Å²) in [6.45, 7) is -0.000347. The fourth-order valence-corrected chi connectivity index (χ4v) is 6.20. The Morgan fingerprint density at radius 2 is 1.32 bits per heavy atom. The van der Waals surface area contributed by atoms with Gasteiger partial charge in [-0.3, -0.25) is 0 Å². The molecule has 2 aliphatic carbocycles. The van der Waals surface area contributed by atoms with Crippen LogP contribution in [-0.4, -0.2) is 31.0 Å². The molecule has 0 bridgehead atoms. The molecule has 2 nitrogen and oxygen atoms in total. The average molecular weight is 492 g/mol. The molecule has 0 amide bonds. The molecule has 8 heteroatoms. The quantitative estimate of drug-likeness (QED) is 0.357. The van der Waals surface area contributed by atoms with Gasteiger partial charge in [-0.1, -0.05) is 32.6 Å². The Bertz CT molecular complexity index is 782. The lowest BCUT2D eigenvalue weighted by Gasteiger charge is -2.39. The number of rotatable bonds is 7. The Morgan fingerprint density at radius 3 is 1.82 bits per heavy atom. The van der Waals surface area contributed by atoms with Gasteiger partial charge in [-0.05, 0) is 80.5 Å². The van der Waals surface area contributed by atoms with Crippen LogP contribution in [0.2, 0.25) is 0 Å². The molecule has 0 atom stereocenters. The second kappa shape index (κ2) is 9.81.